The van der Waals surface area contributed by atoms with E-state index in [4.69, 9.17) is 0 Å². The second-order valence-corrected chi connectivity index (χ2v) is 5.61. The van der Waals surface area contributed by atoms with Crippen molar-refractivity contribution in [3.05, 3.63) is 57.8 Å². The number of nitrogens with zero attached hydrogens (tertiary/aromatic N) is 1. The molecule has 0 saturated heterocycles. The smallest absolute Gasteiger partial charge is 0.261 e. The van der Waals surface area contributed by atoms with Crippen LogP contribution in [0.1, 0.15) is 20.8 Å². The summed E-state index contributed by atoms with van der Waals surface area (Å²) >= 11 is 1.46. The Hall–Kier alpha value is -1.65. The zero-order chi connectivity index (χ0) is 13.7. The first kappa shape index (κ1) is 13.8. The van der Waals surface area contributed by atoms with Crippen LogP contribution >= 0.6 is 11.3 Å². The lowest BCUT2D eigenvalue weighted by molar-refractivity contribution is 0.0955. The summed E-state index contributed by atoms with van der Waals surface area (Å²) < 4.78 is 0. The van der Waals surface area contributed by atoms with Gasteiger partial charge >= 0.3 is 0 Å². The Balaban J connectivity index is 2.01. The Labute approximate surface area is 117 Å². The number of carbonyl (C=O) groups is 1. The first-order chi connectivity index (χ1) is 9.16. The van der Waals surface area contributed by atoms with Crippen molar-refractivity contribution in [2.24, 2.45) is 0 Å². The van der Waals surface area contributed by atoms with Gasteiger partial charge in [0.15, 0.2) is 0 Å². The Morgan fingerprint density at radius 1 is 1.16 bits per heavy atom. The lowest BCUT2D eigenvalue weighted by Crippen LogP contribution is -2.23. The van der Waals surface area contributed by atoms with Crippen molar-refractivity contribution < 1.29 is 4.79 Å². The van der Waals surface area contributed by atoms with Gasteiger partial charge in [0, 0.05) is 13.1 Å². The first-order valence-corrected chi connectivity index (χ1v) is 7.08. The van der Waals surface area contributed by atoms with Gasteiger partial charge in [-0.2, -0.15) is 0 Å². The monoisotopic (exact) mass is 274 g/mol. The van der Waals surface area contributed by atoms with Gasteiger partial charge in [0.1, 0.15) is 0 Å². The van der Waals surface area contributed by atoms with Crippen LogP contribution in [0.5, 0.6) is 0 Å². The van der Waals surface area contributed by atoms with E-state index >= 15 is 0 Å². The Kier molecular flexibility index (Phi) is 4.71. The van der Waals surface area contributed by atoms with Crippen LogP contribution in [0.3, 0.4) is 0 Å². The molecule has 0 aliphatic carbocycles. The minimum atomic E-state index is -0.00495. The van der Waals surface area contributed by atoms with Gasteiger partial charge < -0.3 is 10.2 Å². The molecule has 2 rings (SSSR count). The van der Waals surface area contributed by atoms with E-state index in [2.05, 4.69) is 22.3 Å². The molecule has 1 aromatic carbocycles. The van der Waals surface area contributed by atoms with Gasteiger partial charge in [-0.05, 0) is 36.7 Å². The van der Waals surface area contributed by atoms with E-state index in [1.165, 1.54) is 22.5 Å². The molecule has 2 aromatic rings. The topological polar surface area (TPSA) is 32.3 Å². The SMILES string of the molecule is CN(C)Cc1ccccc1CNC(=O)c1cccs1. The number of carbonyl (C=O) groups excluding carboxylic acids is 1. The number of hydrogen-bond acceptors (Lipinski definition) is 3. The highest BCUT2D eigenvalue weighted by atomic mass is 32.1. The van der Waals surface area contributed by atoms with Crippen LogP contribution in [0.25, 0.3) is 0 Å². The van der Waals surface area contributed by atoms with Gasteiger partial charge in [0.2, 0.25) is 0 Å². The normalized spacial score (nSPS) is 10.7. The van der Waals surface area contributed by atoms with Crippen molar-refractivity contribution in [2.75, 3.05) is 14.1 Å². The average molecular weight is 274 g/mol. The molecule has 0 aliphatic rings. The summed E-state index contributed by atoms with van der Waals surface area (Å²) in [5.41, 5.74) is 2.42. The second kappa shape index (κ2) is 6.50. The first-order valence-electron chi connectivity index (χ1n) is 6.20. The van der Waals surface area contributed by atoms with Crippen molar-refractivity contribution in [1.29, 1.82) is 0 Å². The minimum Gasteiger partial charge on any atom is -0.347 e. The number of nitrogens with one attached hydrogen (secondary N) is 1. The molecule has 1 aromatic heterocycles. The molecule has 0 saturated carbocycles. The van der Waals surface area contributed by atoms with Crippen molar-refractivity contribution in [1.82, 2.24) is 10.2 Å². The summed E-state index contributed by atoms with van der Waals surface area (Å²) in [6, 6.07) is 11.9. The van der Waals surface area contributed by atoms with Crippen LogP contribution in [0.2, 0.25) is 0 Å². The van der Waals surface area contributed by atoms with Crippen LogP contribution in [0, 0.1) is 0 Å². The van der Waals surface area contributed by atoms with Crippen molar-refractivity contribution in [3.8, 4) is 0 Å². The molecular formula is C15H18N2OS. The molecule has 0 spiro atoms. The van der Waals surface area contributed by atoms with Crippen LogP contribution in [0.4, 0.5) is 0 Å². The van der Waals surface area contributed by atoms with Gasteiger partial charge in [-0.1, -0.05) is 30.3 Å². The third-order valence-corrected chi connectivity index (χ3v) is 3.66. The van der Waals surface area contributed by atoms with E-state index in [9.17, 15) is 4.79 Å². The van der Waals surface area contributed by atoms with Crippen LogP contribution in [-0.2, 0) is 13.1 Å². The highest BCUT2D eigenvalue weighted by molar-refractivity contribution is 7.12. The summed E-state index contributed by atoms with van der Waals surface area (Å²) in [4.78, 5) is 14.8. The Morgan fingerprint density at radius 3 is 2.53 bits per heavy atom. The number of rotatable bonds is 5. The van der Waals surface area contributed by atoms with E-state index in [1.54, 1.807) is 0 Å². The Morgan fingerprint density at radius 2 is 1.89 bits per heavy atom. The lowest BCUT2D eigenvalue weighted by atomic mass is 10.1. The zero-order valence-electron chi connectivity index (χ0n) is 11.2. The van der Waals surface area contributed by atoms with Gasteiger partial charge in [-0.15, -0.1) is 11.3 Å². The van der Waals surface area contributed by atoms with E-state index in [0.717, 1.165) is 11.4 Å². The third kappa shape index (κ3) is 3.91. The molecule has 0 bridgehead atoms. The standard InChI is InChI=1S/C15H18N2OS/c1-17(2)11-13-7-4-3-6-12(13)10-16-15(18)14-8-5-9-19-14/h3-9H,10-11H2,1-2H3,(H,16,18). The second-order valence-electron chi connectivity index (χ2n) is 4.67. The third-order valence-electron chi connectivity index (χ3n) is 2.79. The average Bonchev–Trinajstić information content (AvgIpc) is 2.90. The van der Waals surface area contributed by atoms with Crippen molar-refractivity contribution >= 4 is 17.2 Å². The molecule has 1 N–H and O–H groups in total. The summed E-state index contributed by atoms with van der Waals surface area (Å²) in [5.74, 6) is -0.00495. The van der Waals surface area contributed by atoms with Gasteiger partial charge in [-0.25, -0.2) is 0 Å². The fourth-order valence-corrected chi connectivity index (χ4v) is 2.54. The molecule has 19 heavy (non-hydrogen) atoms. The minimum absolute atomic E-state index is 0.00495. The van der Waals surface area contributed by atoms with E-state index < -0.39 is 0 Å². The maximum Gasteiger partial charge on any atom is 0.261 e. The fraction of sp³-hybridized carbons (Fsp3) is 0.267. The molecule has 100 valence electrons. The number of hydrogen-bond donors (Lipinski definition) is 1. The van der Waals surface area contributed by atoms with E-state index in [-0.39, 0.29) is 5.91 Å². The highest BCUT2D eigenvalue weighted by Crippen LogP contribution is 2.12. The van der Waals surface area contributed by atoms with Gasteiger partial charge in [0.25, 0.3) is 5.91 Å². The fourth-order valence-electron chi connectivity index (χ4n) is 1.90. The maximum atomic E-state index is 11.9. The summed E-state index contributed by atoms with van der Waals surface area (Å²) in [6.07, 6.45) is 0. The predicted octanol–water partition coefficient (Wildman–Crippen LogP) is 2.74. The number of benzene rings is 1. The van der Waals surface area contributed by atoms with Crippen LogP contribution in [-0.4, -0.2) is 24.9 Å². The Bertz CT molecular complexity index is 535. The molecule has 0 fully saturated rings. The molecule has 0 aliphatic heterocycles. The van der Waals surface area contributed by atoms with Crippen LogP contribution in [0.15, 0.2) is 41.8 Å². The van der Waals surface area contributed by atoms with E-state index in [0.29, 0.717) is 6.54 Å². The molecule has 4 heteroatoms. The van der Waals surface area contributed by atoms with E-state index in [1.807, 2.05) is 43.7 Å². The van der Waals surface area contributed by atoms with Crippen molar-refractivity contribution in [2.45, 2.75) is 13.1 Å². The summed E-state index contributed by atoms with van der Waals surface area (Å²) in [6.45, 7) is 1.45. The van der Waals surface area contributed by atoms with Gasteiger partial charge in [0.05, 0.1) is 4.88 Å². The zero-order valence-corrected chi connectivity index (χ0v) is 12.0. The maximum absolute atomic E-state index is 11.9. The van der Waals surface area contributed by atoms with Crippen molar-refractivity contribution in [3.63, 3.8) is 0 Å². The largest absolute Gasteiger partial charge is 0.347 e. The molecule has 1 heterocycles. The quantitative estimate of drug-likeness (QED) is 0.909. The van der Waals surface area contributed by atoms with Gasteiger partial charge in [-0.3, -0.25) is 4.79 Å². The summed E-state index contributed by atoms with van der Waals surface area (Å²) in [5, 5.41) is 4.88. The number of amides is 1. The number of thiophene rings is 1. The summed E-state index contributed by atoms with van der Waals surface area (Å²) in [7, 11) is 4.09. The lowest BCUT2D eigenvalue weighted by Gasteiger charge is -2.14. The van der Waals surface area contributed by atoms with Crippen LogP contribution < -0.4 is 5.32 Å². The molecule has 0 unspecified atom stereocenters. The predicted molar refractivity (Wildman–Crippen MR) is 79.3 cm³/mol. The highest BCUT2D eigenvalue weighted by Gasteiger charge is 2.08. The molecule has 0 radical (unpaired) electrons. The molecule has 0 atom stereocenters. The molecular weight excluding hydrogens is 256 g/mol. The molecule has 3 nitrogen and oxygen atoms in total. The molecule has 1 amide bonds.